The molecule has 0 spiro atoms. The minimum Gasteiger partial charge on any atom is -0.355 e. The zero-order valence-corrected chi connectivity index (χ0v) is 16.3. The highest BCUT2D eigenvalue weighted by Crippen LogP contribution is 2.20. The molecule has 0 bridgehead atoms. The van der Waals surface area contributed by atoms with Gasteiger partial charge < -0.3 is 10.2 Å². The maximum absolute atomic E-state index is 12.5. The average molecular weight is 392 g/mol. The number of aromatic nitrogens is 1. The number of carbonyl (C=O) groups excluding carboxylic acids is 2. The van der Waals surface area contributed by atoms with E-state index in [0.29, 0.717) is 43.1 Å². The molecule has 1 aromatic carbocycles. The topological polar surface area (TPSA) is 62.3 Å². The molecule has 2 aromatic rings. The van der Waals surface area contributed by atoms with Crippen LogP contribution in [0, 0.1) is 12.8 Å². The quantitative estimate of drug-likeness (QED) is 0.850. The summed E-state index contributed by atoms with van der Waals surface area (Å²) in [6, 6.07) is 6.92. The molecule has 2 amide bonds. The molecular formula is C19H22ClN3O2S. The largest absolute Gasteiger partial charge is 0.355 e. The molecule has 3 rings (SSSR count). The van der Waals surface area contributed by atoms with E-state index in [9.17, 15) is 9.59 Å². The van der Waals surface area contributed by atoms with Gasteiger partial charge >= 0.3 is 0 Å². The monoisotopic (exact) mass is 391 g/mol. The van der Waals surface area contributed by atoms with E-state index < -0.39 is 0 Å². The lowest BCUT2D eigenvalue weighted by Gasteiger charge is -2.31. The number of rotatable bonds is 5. The lowest BCUT2D eigenvalue weighted by Crippen LogP contribution is -2.43. The van der Waals surface area contributed by atoms with Crippen molar-refractivity contribution >= 4 is 34.8 Å². The molecular weight excluding hydrogens is 370 g/mol. The molecule has 0 radical (unpaired) electrons. The van der Waals surface area contributed by atoms with Crippen molar-refractivity contribution in [2.75, 3.05) is 19.6 Å². The second-order valence-electron chi connectivity index (χ2n) is 6.47. The number of nitrogens with zero attached hydrogens (tertiary/aromatic N) is 2. The van der Waals surface area contributed by atoms with Crippen molar-refractivity contribution in [1.82, 2.24) is 15.2 Å². The van der Waals surface area contributed by atoms with Gasteiger partial charge in [-0.2, -0.15) is 0 Å². The van der Waals surface area contributed by atoms with Gasteiger partial charge in [0.05, 0.1) is 10.7 Å². The summed E-state index contributed by atoms with van der Waals surface area (Å²) >= 11 is 7.49. The fourth-order valence-electron chi connectivity index (χ4n) is 3.10. The fraction of sp³-hybridized carbons (Fsp3) is 0.421. The average Bonchev–Trinajstić information content (AvgIpc) is 3.07. The number of carbonyl (C=O) groups is 2. The van der Waals surface area contributed by atoms with Gasteiger partial charge in [-0.3, -0.25) is 9.59 Å². The third-order valence-electron chi connectivity index (χ3n) is 4.59. The Morgan fingerprint density at radius 2 is 1.96 bits per heavy atom. The molecule has 1 aromatic heterocycles. The number of hydrogen-bond acceptors (Lipinski definition) is 4. The number of hydrogen-bond donors (Lipinski definition) is 1. The summed E-state index contributed by atoms with van der Waals surface area (Å²) < 4.78 is 0. The Morgan fingerprint density at radius 3 is 2.58 bits per heavy atom. The van der Waals surface area contributed by atoms with Crippen LogP contribution in [0.4, 0.5) is 0 Å². The molecule has 1 aliphatic heterocycles. The molecule has 1 aliphatic rings. The zero-order valence-electron chi connectivity index (χ0n) is 14.7. The van der Waals surface area contributed by atoms with Crippen LogP contribution in [0.15, 0.2) is 29.6 Å². The van der Waals surface area contributed by atoms with Gasteiger partial charge in [0.2, 0.25) is 5.91 Å². The Hall–Kier alpha value is -1.92. The number of amides is 2. The van der Waals surface area contributed by atoms with E-state index in [2.05, 4.69) is 10.3 Å². The molecule has 26 heavy (non-hydrogen) atoms. The van der Waals surface area contributed by atoms with Gasteiger partial charge in [0.15, 0.2) is 0 Å². The second kappa shape index (κ2) is 8.64. The van der Waals surface area contributed by atoms with Crippen molar-refractivity contribution in [1.29, 1.82) is 0 Å². The second-order valence-corrected chi connectivity index (χ2v) is 7.97. The SMILES string of the molecule is Cc1nc(CCNC(=O)C2CCN(C(=O)c3ccc(Cl)cc3)CC2)cs1. The summed E-state index contributed by atoms with van der Waals surface area (Å²) in [6.07, 6.45) is 2.14. The Morgan fingerprint density at radius 1 is 1.27 bits per heavy atom. The molecule has 1 saturated heterocycles. The van der Waals surface area contributed by atoms with E-state index in [1.165, 1.54) is 0 Å². The van der Waals surface area contributed by atoms with Gasteiger partial charge in [-0.05, 0) is 44.0 Å². The molecule has 0 aliphatic carbocycles. The predicted octanol–water partition coefficient (Wildman–Crippen LogP) is 3.32. The number of thiazole rings is 1. The highest BCUT2D eigenvalue weighted by Gasteiger charge is 2.27. The van der Waals surface area contributed by atoms with Crippen LogP contribution in [0.2, 0.25) is 5.02 Å². The zero-order chi connectivity index (χ0) is 18.5. The highest BCUT2D eigenvalue weighted by atomic mass is 35.5. The summed E-state index contributed by atoms with van der Waals surface area (Å²) in [5, 5.41) is 6.69. The first-order valence-electron chi connectivity index (χ1n) is 8.76. The van der Waals surface area contributed by atoms with Crippen LogP contribution < -0.4 is 5.32 Å². The third kappa shape index (κ3) is 4.83. The minimum absolute atomic E-state index is 0.000531. The summed E-state index contributed by atoms with van der Waals surface area (Å²) in [5.41, 5.74) is 1.66. The number of piperidine rings is 1. The first kappa shape index (κ1) is 18.9. The minimum atomic E-state index is -0.0264. The van der Waals surface area contributed by atoms with Crippen molar-refractivity contribution < 1.29 is 9.59 Å². The number of benzene rings is 1. The molecule has 0 saturated carbocycles. The van der Waals surface area contributed by atoms with Crippen LogP contribution in [0.3, 0.4) is 0 Å². The van der Waals surface area contributed by atoms with E-state index >= 15 is 0 Å². The van der Waals surface area contributed by atoms with Crippen molar-refractivity contribution in [3.8, 4) is 0 Å². The number of halogens is 1. The summed E-state index contributed by atoms with van der Waals surface area (Å²) in [7, 11) is 0. The molecule has 5 nitrogen and oxygen atoms in total. The molecule has 1 fully saturated rings. The van der Waals surface area contributed by atoms with Gasteiger partial charge in [-0.25, -0.2) is 4.98 Å². The van der Waals surface area contributed by atoms with Crippen LogP contribution in [0.25, 0.3) is 0 Å². The van der Waals surface area contributed by atoms with E-state index in [1.807, 2.05) is 17.2 Å². The van der Waals surface area contributed by atoms with Crippen molar-refractivity contribution in [3.63, 3.8) is 0 Å². The van der Waals surface area contributed by atoms with E-state index in [4.69, 9.17) is 11.6 Å². The first-order valence-corrected chi connectivity index (χ1v) is 10.0. The summed E-state index contributed by atoms with van der Waals surface area (Å²) in [5.74, 6) is 0.0522. The van der Waals surface area contributed by atoms with Crippen LogP contribution >= 0.6 is 22.9 Å². The molecule has 2 heterocycles. The number of likely N-dealkylation sites (tertiary alicyclic amines) is 1. The van der Waals surface area contributed by atoms with Crippen LogP contribution in [0.5, 0.6) is 0 Å². The maximum atomic E-state index is 12.5. The van der Waals surface area contributed by atoms with E-state index in [-0.39, 0.29) is 17.7 Å². The Balaban J connectivity index is 1.43. The lowest BCUT2D eigenvalue weighted by molar-refractivity contribution is -0.126. The summed E-state index contributed by atoms with van der Waals surface area (Å²) in [6.45, 7) is 3.79. The molecule has 1 N–H and O–H groups in total. The lowest BCUT2D eigenvalue weighted by atomic mass is 9.95. The molecule has 138 valence electrons. The fourth-order valence-corrected chi connectivity index (χ4v) is 3.87. The normalized spacial score (nSPS) is 15.1. The van der Waals surface area contributed by atoms with Crippen LogP contribution in [-0.4, -0.2) is 41.3 Å². The van der Waals surface area contributed by atoms with Crippen molar-refractivity contribution in [3.05, 3.63) is 50.9 Å². The number of aryl methyl sites for hydroxylation is 1. The van der Waals surface area contributed by atoms with Gasteiger partial charge in [0.25, 0.3) is 5.91 Å². The van der Waals surface area contributed by atoms with E-state index in [0.717, 1.165) is 17.1 Å². The van der Waals surface area contributed by atoms with Crippen molar-refractivity contribution in [2.24, 2.45) is 5.92 Å². The van der Waals surface area contributed by atoms with Gasteiger partial charge in [-0.1, -0.05) is 11.6 Å². The molecule has 0 unspecified atom stereocenters. The Bertz CT molecular complexity index is 767. The standard InChI is InChI=1S/C19H22ClN3O2S/c1-13-22-17(12-26-13)6-9-21-18(24)14-7-10-23(11-8-14)19(25)15-2-4-16(20)5-3-15/h2-5,12,14H,6-11H2,1H3,(H,21,24). The molecule has 0 atom stereocenters. The van der Waals surface area contributed by atoms with Crippen LogP contribution in [0.1, 0.15) is 33.9 Å². The Labute approximate surface area is 162 Å². The third-order valence-corrected chi connectivity index (χ3v) is 5.67. The summed E-state index contributed by atoms with van der Waals surface area (Å²) in [4.78, 5) is 31.0. The van der Waals surface area contributed by atoms with E-state index in [1.54, 1.807) is 35.6 Å². The van der Waals surface area contributed by atoms with Gasteiger partial charge in [0, 0.05) is 47.9 Å². The smallest absolute Gasteiger partial charge is 0.253 e. The molecule has 7 heteroatoms. The maximum Gasteiger partial charge on any atom is 0.253 e. The predicted molar refractivity (Wildman–Crippen MR) is 104 cm³/mol. The number of nitrogens with one attached hydrogen (secondary N) is 1. The van der Waals surface area contributed by atoms with Gasteiger partial charge in [-0.15, -0.1) is 11.3 Å². The highest BCUT2D eigenvalue weighted by molar-refractivity contribution is 7.09. The Kier molecular flexibility index (Phi) is 6.27. The van der Waals surface area contributed by atoms with Crippen LogP contribution in [-0.2, 0) is 11.2 Å². The first-order chi connectivity index (χ1) is 12.5. The van der Waals surface area contributed by atoms with Gasteiger partial charge in [0.1, 0.15) is 0 Å². The van der Waals surface area contributed by atoms with Crippen molar-refractivity contribution in [2.45, 2.75) is 26.2 Å².